The number of hydrogen-bond acceptors (Lipinski definition) is 3. The van der Waals surface area contributed by atoms with E-state index in [9.17, 15) is 4.79 Å². The highest BCUT2D eigenvalue weighted by atomic mass is 35.5. The van der Waals surface area contributed by atoms with Crippen molar-refractivity contribution in [1.29, 1.82) is 0 Å². The van der Waals surface area contributed by atoms with E-state index in [4.69, 9.17) is 4.74 Å². The molecule has 0 spiro atoms. The van der Waals surface area contributed by atoms with Gasteiger partial charge < -0.3 is 9.64 Å². The van der Waals surface area contributed by atoms with Crippen molar-refractivity contribution < 1.29 is 9.53 Å². The van der Waals surface area contributed by atoms with Gasteiger partial charge in [-0.1, -0.05) is 81.4 Å². The van der Waals surface area contributed by atoms with Gasteiger partial charge in [-0.2, -0.15) is 0 Å². The van der Waals surface area contributed by atoms with Gasteiger partial charge in [0, 0.05) is 23.9 Å². The zero-order valence-electron chi connectivity index (χ0n) is 20.2. The minimum absolute atomic E-state index is 0. The number of carbonyl (C=O) groups is 1. The van der Waals surface area contributed by atoms with Crippen molar-refractivity contribution in [3.05, 3.63) is 101 Å². The Kier molecular flexibility index (Phi) is 10.1. The summed E-state index contributed by atoms with van der Waals surface area (Å²) in [6.45, 7) is 12.1. The third-order valence-electron chi connectivity index (χ3n) is 6.40. The van der Waals surface area contributed by atoms with E-state index in [1.165, 1.54) is 0 Å². The number of hydrogen-bond donors (Lipinski definition) is 0. The van der Waals surface area contributed by atoms with Crippen LogP contribution in [-0.2, 0) is 5.41 Å². The van der Waals surface area contributed by atoms with Crippen LogP contribution in [0.5, 0.6) is 5.75 Å². The van der Waals surface area contributed by atoms with E-state index >= 15 is 0 Å². The molecule has 176 valence electrons. The van der Waals surface area contributed by atoms with Crippen molar-refractivity contribution in [2.24, 2.45) is 0 Å². The van der Waals surface area contributed by atoms with Crippen molar-refractivity contribution in [3.8, 4) is 5.75 Å². The molecular formula is C29H36ClNO2. The van der Waals surface area contributed by atoms with Gasteiger partial charge in [0.2, 0.25) is 0 Å². The lowest BCUT2D eigenvalue weighted by atomic mass is 9.72. The number of ether oxygens (including phenoxy) is 1. The molecule has 0 saturated heterocycles. The van der Waals surface area contributed by atoms with Gasteiger partial charge in [0.1, 0.15) is 12.4 Å². The van der Waals surface area contributed by atoms with E-state index in [1.54, 1.807) is 0 Å². The van der Waals surface area contributed by atoms with E-state index in [0.29, 0.717) is 13.0 Å². The van der Waals surface area contributed by atoms with Gasteiger partial charge in [-0.05, 0) is 54.9 Å². The van der Waals surface area contributed by atoms with E-state index in [0.717, 1.165) is 47.6 Å². The molecule has 0 N–H and O–H groups in total. The SMILES string of the molecule is CCN(CC)CCOc1ccc(C(=O)CC(C)(c2ccccc2)c2ccccc2)c(C)c1.Cl. The minimum Gasteiger partial charge on any atom is -0.492 e. The Bertz CT molecular complexity index is 961. The lowest BCUT2D eigenvalue weighted by Gasteiger charge is -2.30. The Labute approximate surface area is 205 Å². The lowest BCUT2D eigenvalue weighted by Crippen LogP contribution is -2.28. The van der Waals surface area contributed by atoms with Crippen molar-refractivity contribution in [2.75, 3.05) is 26.2 Å². The van der Waals surface area contributed by atoms with E-state index in [2.05, 4.69) is 49.9 Å². The third kappa shape index (κ3) is 6.69. The van der Waals surface area contributed by atoms with Crippen molar-refractivity contribution in [1.82, 2.24) is 4.90 Å². The summed E-state index contributed by atoms with van der Waals surface area (Å²) in [4.78, 5) is 15.8. The second-order valence-corrected chi connectivity index (χ2v) is 8.52. The van der Waals surface area contributed by atoms with Gasteiger partial charge in [0.15, 0.2) is 5.78 Å². The number of nitrogens with zero attached hydrogens (tertiary/aromatic N) is 1. The quantitative estimate of drug-likeness (QED) is 0.294. The summed E-state index contributed by atoms with van der Waals surface area (Å²) in [5.74, 6) is 0.965. The first-order valence-electron chi connectivity index (χ1n) is 11.6. The molecule has 3 rings (SSSR count). The highest BCUT2D eigenvalue weighted by molar-refractivity contribution is 5.98. The molecule has 0 aromatic heterocycles. The number of rotatable bonds is 11. The second kappa shape index (κ2) is 12.6. The topological polar surface area (TPSA) is 29.5 Å². The average Bonchev–Trinajstić information content (AvgIpc) is 2.83. The van der Waals surface area contributed by atoms with Crippen LogP contribution in [0.25, 0.3) is 0 Å². The molecule has 0 fully saturated rings. The maximum atomic E-state index is 13.5. The van der Waals surface area contributed by atoms with Crippen LogP contribution < -0.4 is 4.74 Å². The van der Waals surface area contributed by atoms with Gasteiger partial charge in [0.25, 0.3) is 0 Å². The predicted molar refractivity (Wildman–Crippen MR) is 140 cm³/mol. The first-order valence-corrected chi connectivity index (χ1v) is 11.6. The molecule has 0 saturated carbocycles. The fourth-order valence-corrected chi connectivity index (χ4v) is 4.27. The number of ketones is 1. The number of aryl methyl sites for hydroxylation is 1. The van der Waals surface area contributed by atoms with Crippen molar-refractivity contribution >= 4 is 18.2 Å². The number of likely N-dealkylation sites (N-methyl/N-ethyl adjacent to an activating group) is 1. The lowest BCUT2D eigenvalue weighted by molar-refractivity contribution is 0.0961. The monoisotopic (exact) mass is 465 g/mol. The van der Waals surface area contributed by atoms with Gasteiger partial charge in [-0.3, -0.25) is 4.79 Å². The molecule has 0 aliphatic heterocycles. The number of carbonyl (C=O) groups excluding carboxylic acids is 1. The van der Waals surface area contributed by atoms with Crippen LogP contribution in [0.4, 0.5) is 0 Å². The number of benzene rings is 3. The Hall–Kier alpha value is -2.62. The summed E-state index contributed by atoms with van der Waals surface area (Å²) in [5.41, 5.74) is 3.62. The molecule has 3 aromatic carbocycles. The van der Waals surface area contributed by atoms with Gasteiger partial charge in [-0.15, -0.1) is 12.4 Å². The summed E-state index contributed by atoms with van der Waals surface area (Å²) < 4.78 is 5.94. The normalized spacial score (nSPS) is 11.2. The van der Waals surface area contributed by atoms with Crippen LogP contribution >= 0.6 is 12.4 Å². The fourth-order valence-electron chi connectivity index (χ4n) is 4.27. The summed E-state index contributed by atoms with van der Waals surface area (Å²) in [6.07, 6.45) is 0.407. The summed E-state index contributed by atoms with van der Waals surface area (Å²) >= 11 is 0. The highest BCUT2D eigenvalue weighted by Gasteiger charge is 2.32. The minimum atomic E-state index is -0.398. The zero-order chi connectivity index (χ0) is 23.0. The summed E-state index contributed by atoms with van der Waals surface area (Å²) in [6, 6.07) is 26.4. The van der Waals surface area contributed by atoms with Crippen LogP contribution in [0.2, 0.25) is 0 Å². The Morgan fingerprint density at radius 2 is 1.42 bits per heavy atom. The molecule has 0 aliphatic rings. The molecule has 3 aromatic rings. The molecule has 33 heavy (non-hydrogen) atoms. The van der Waals surface area contributed by atoms with E-state index in [1.807, 2.05) is 61.5 Å². The first kappa shape index (κ1) is 26.6. The maximum Gasteiger partial charge on any atom is 0.164 e. The molecule has 0 aliphatic carbocycles. The second-order valence-electron chi connectivity index (χ2n) is 8.52. The number of halogens is 1. The van der Waals surface area contributed by atoms with Gasteiger partial charge >= 0.3 is 0 Å². The largest absolute Gasteiger partial charge is 0.492 e. The summed E-state index contributed by atoms with van der Waals surface area (Å²) in [7, 11) is 0. The molecule has 0 amide bonds. The molecule has 0 atom stereocenters. The standard InChI is InChI=1S/C29H35NO2.ClH/c1-5-30(6-2)19-20-32-26-17-18-27(23(3)21-26)28(31)22-29(4,24-13-9-7-10-14-24)25-15-11-8-12-16-25;/h7-18,21H,5-6,19-20,22H2,1-4H3;1H. The first-order chi connectivity index (χ1) is 15.5. The fraction of sp³-hybridized carbons (Fsp3) is 0.345. The predicted octanol–water partition coefficient (Wildman–Crippen LogP) is 6.72. The Morgan fingerprint density at radius 1 is 0.879 bits per heavy atom. The van der Waals surface area contributed by atoms with Crippen molar-refractivity contribution in [2.45, 2.75) is 39.5 Å². The molecule has 0 bridgehead atoms. The average molecular weight is 466 g/mol. The van der Waals surface area contributed by atoms with E-state index < -0.39 is 5.41 Å². The molecule has 0 heterocycles. The zero-order valence-corrected chi connectivity index (χ0v) is 21.0. The Morgan fingerprint density at radius 3 is 1.91 bits per heavy atom. The number of Topliss-reactive ketones (excluding diaryl/α,β-unsaturated/α-hetero) is 1. The van der Waals surface area contributed by atoms with Crippen LogP contribution in [0, 0.1) is 6.92 Å². The highest BCUT2D eigenvalue weighted by Crippen LogP contribution is 2.36. The van der Waals surface area contributed by atoms with Gasteiger partial charge in [0.05, 0.1) is 0 Å². The Balaban J connectivity index is 0.00000385. The van der Waals surface area contributed by atoms with Crippen molar-refractivity contribution in [3.63, 3.8) is 0 Å². The van der Waals surface area contributed by atoms with Crippen LogP contribution in [0.15, 0.2) is 78.9 Å². The molecule has 0 radical (unpaired) electrons. The van der Waals surface area contributed by atoms with Crippen LogP contribution in [-0.4, -0.2) is 36.9 Å². The summed E-state index contributed by atoms with van der Waals surface area (Å²) in [5, 5.41) is 0. The van der Waals surface area contributed by atoms with Gasteiger partial charge in [-0.25, -0.2) is 0 Å². The smallest absolute Gasteiger partial charge is 0.164 e. The molecule has 0 unspecified atom stereocenters. The van der Waals surface area contributed by atoms with Crippen LogP contribution in [0.1, 0.15) is 54.2 Å². The third-order valence-corrected chi connectivity index (χ3v) is 6.40. The molecule has 3 nitrogen and oxygen atoms in total. The molecule has 4 heteroatoms. The maximum absolute atomic E-state index is 13.5. The van der Waals surface area contributed by atoms with E-state index in [-0.39, 0.29) is 18.2 Å². The van der Waals surface area contributed by atoms with Crippen LogP contribution in [0.3, 0.4) is 0 Å². The molecular weight excluding hydrogens is 430 g/mol.